The van der Waals surface area contributed by atoms with Gasteiger partial charge < -0.3 is 24.8 Å². The number of aliphatic hydroxyl groups excluding tert-OH is 3. The summed E-state index contributed by atoms with van der Waals surface area (Å²) >= 11 is 0. The van der Waals surface area contributed by atoms with Crippen molar-refractivity contribution in [1.82, 2.24) is 0 Å². The number of hydrogen-bond donors (Lipinski definition) is 3. The average molecular weight is 254 g/mol. The Hall–Kier alpha value is -0.200. The zero-order valence-corrected chi connectivity index (χ0v) is 10.6. The molecule has 0 spiro atoms. The molecular formula is C12H30O5. The topological polar surface area (TPSA) is 79.2 Å². The van der Waals surface area contributed by atoms with E-state index in [1.54, 1.807) is 0 Å². The minimum atomic E-state index is -0.861. The lowest BCUT2D eigenvalue weighted by Crippen LogP contribution is -2.21. The van der Waals surface area contributed by atoms with Gasteiger partial charge in [0.25, 0.3) is 0 Å². The van der Waals surface area contributed by atoms with Crippen molar-refractivity contribution < 1.29 is 24.8 Å². The van der Waals surface area contributed by atoms with E-state index in [9.17, 15) is 0 Å². The van der Waals surface area contributed by atoms with Crippen LogP contribution in [0.25, 0.3) is 0 Å². The van der Waals surface area contributed by atoms with Crippen LogP contribution in [0.3, 0.4) is 0 Å². The maximum absolute atomic E-state index is 9.04. The van der Waals surface area contributed by atoms with Crippen molar-refractivity contribution in [2.45, 2.75) is 53.2 Å². The zero-order valence-electron chi connectivity index (χ0n) is 10.6. The highest BCUT2D eigenvalue weighted by molar-refractivity contribution is 4.48. The molecule has 0 heterocycles. The molecule has 5 nitrogen and oxygen atoms in total. The van der Waals surface area contributed by atoms with Gasteiger partial charge in [-0.15, -0.1) is 0 Å². The van der Waals surface area contributed by atoms with Crippen LogP contribution in [0.2, 0.25) is 0 Å². The molecule has 3 N–H and O–H groups in total. The highest BCUT2D eigenvalue weighted by Crippen LogP contribution is 1.91. The van der Waals surface area contributed by atoms with Gasteiger partial charge in [0.15, 0.2) is 0 Å². The van der Waals surface area contributed by atoms with Gasteiger partial charge in [0.05, 0.1) is 25.9 Å². The molecule has 0 aliphatic carbocycles. The maximum atomic E-state index is 9.04. The third-order valence-corrected chi connectivity index (χ3v) is 1.47. The summed E-state index contributed by atoms with van der Waals surface area (Å²) in [6.45, 7) is 6.07. The van der Waals surface area contributed by atoms with Crippen LogP contribution in [0.5, 0.6) is 0 Å². The van der Waals surface area contributed by atoms with E-state index in [-0.39, 0.29) is 34.0 Å². The van der Waals surface area contributed by atoms with E-state index in [4.69, 9.17) is 24.8 Å². The quantitative estimate of drug-likeness (QED) is 0.447. The summed E-state index contributed by atoms with van der Waals surface area (Å²) in [7, 11) is 0. The highest BCUT2D eigenvalue weighted by atomic mass is 16.7. The summed E-state index contributed by atoms with van der Waals surface area (Å²) < 4.78 is 9.75. The van der Waals surface area contributed by atoms with Gasteiger partial charge in [-0.05, 0) is 6.42 Å². The molecule has 2 unspecified atom stereocenters. The Kier molecular flexibility index (Phi) is 23.5. The fourth-order valence-electron chi connectivity index (χ4n) is 0.598. The molecular weight excluding hydrogens is 224 g/mol. The lowest BCUT2D eigenvalue weighted by Gasteiger charge is -2.10. The Labute approximate surface area is 105 Å². The highest BCUT2D eigenvalue weighted by Gasteiger charge is 2.02. The van der Waals surface area contributed by atoms with Crippen LogP contribution in [-0.2, 0) is 9.47 Å². The molecule has 17 heavy (non-hydrogen) atoms. The van der Waals surface area contributed by atoms with Crippen molar-refractivity contribution in [2.75, 3.05) is 26.6 Å². The predicted molar refractivity (Wildman–Crippen MR) is 68.9 cm³/mol. The van der Waals surface area contributed by atoms with E-state index < -0.39 is 12.2 Å². The van der Waals surface area contributed by atoms with Crippen molar-refractivity contribution in [3.05, 3.63) is 0 Å². The van der Waals surface area contributed by atoms with Gasteiger partial charge in [-0.1, -0.05) is 34.6 Å². The minimum Gasteiger partial charge on any atom is -0.394 e. The lowest BCUT2D eigenvalue weighted by molar-refractivity contribution is -0.102. The van der Waals surface area contributed by atoms with Gasteiger partial charge in [-0.3, -0.25) is 0 Å². The van der Waals surface area contributed by atoms with Gasteiger partial charge in [-0.25, -0.2) is 0 Å². The van der Waals surface area contributed by atoms with Crippen LogP contribution < -0.4 is 0 Å². The molecule has 0 aliphatic rings. The van der Waals surface area contributed by atoms with E-state index >= 15 is 0 Å². The van der Waals surface area contributed by atoms with Crippen molar-refractivity contribution >= 4 is 0 Å². The van der Waals surface area contributed by atoms with Gasteiger partial charge >= 0.3 is 0 Å². The second-order valence-corrected chi connectivity index (χ2v) is 3.47. The molecule has 0 saturated carbocycles. The van der Waals surface area contributed by atoms with E-state index in [0.29, 0.717) is 6.42 Å². The second kappa shape index (κ2) is 18.2. The molecule has 0 aromatic heterocycles. The molecule has 5 heteroatoms. The Balaban J connectivity index is -0.000000440. The summed E-state index contributed by atoms with van der Waals surface area (Å²) in [5.41, 5.74) is 0. The van der Waals surface area contributed by atoms with Crippen LogP contribution in [-0.4, -0.2) is 54.1 Å². The molecule has 0 amide bonds. The molecule has 0 aromatic rings. The average Bonchev–Trinajstić information content (AvgIpc) is 2.29. The second-order valence-electron chi connectivity index (χ2n) is 3.47. The van der Waals surface area contributed by atoms with Crippen molar-refractivity contribution in [3.8, 4) is 0 Å². The zero-order chi connectivity index (χ0) is 12.8. The first-order valence-electron chi connectivity index (χ1n) is 5.74. The van der Waals surface area contributed by atoms with E-state index in [1.165, 1.54) is 6.42 Å². The molecule has 0 fully saturated rings. The van der Waals surface area contributed by atoms with E-state index in [1.807, 2.05) is 6.92 Å². The predicted octanol–water partition coefficient (Wildman–Crippen LogP) is 1.15. The molecule has 0 aromatic carbocycles. The molecule has 0 radical (unpaired) electrons. The molecule has 2 atom stereocenters. The number of hydrogen-bond acceptors (Lipinski definition) is 5. The smallest absolute Gasteiger partial charge is 0.146 e. The summed E-state index contributed by atoms with van der Waals surface area (Å²) in [5.74, 6) is 0. The van der Waals surface area contributed by atoms with Crippen LogP contribution >= 0.6 is 0 Å². The first-order chi connectivity index (χ1) is 7.62. The fraction of sp³-hybridized carbons (Fsp3) is 1.00. The maximum Gasteiger partial charge on any atom is 0.146 e. The molecule has 0 rings (SSSR count). The lowest BCUT2D eigenvalue weighted by atomic mass is 10.3. The Bertz CT molecular complexity index is 109. The molecule has 0 bridgehead atoms. The number of rotatable bonds is 8. The summed E-state index contributed by atoms with van der Waals surface area (Å²) in [6.07, 6.45) is 0.560. The number of ether oxygens (including phenoxy) is 2. The summed E-state index contributed by atoms with van der Waals surface area (Å²) in [4.78, 5) is 0. The summed E-state index contributed by atoms with van der Waals surface area (Å²) in [6, 6.07) is 0. The summed E-state index contributed by atoms with van der Waals surface area (Å²) in [5, 5.41) is 26.3. The molecule has 0 aliphatic heterocycles. The van der Waals surface area contributed by atoms with Crippen LogP contribution in [0, 0.1) is 0 Å². The standard InChI is InChI=1S/C8H18O5.C3H8.CH4/c1-2-7(10)4-12-6-13-5-8(11)3-9;1-3-2;/h7-11H,2-6H2,1H3;3H2,1-2H3;1H4. The third-order valence-electron chi connectivity index (χ3n) is 1.47. The normalized spacial score (nSPS) is 13.1. The number of aliphatic hydroxyl groups is 3. The first-order valence-corrected chi connectivity index (χ1v) is 5.74. The monoisotopic (exact) mass is 254 g/mol. The van der Waals surface area contributed by atoms with Crippen LogP contribution in [0.4, 0.5) is 0 Å². The molecule has 108 valence electrons. The van der Waals surface area contributed by atoms with Gasteiger partial charge in [0.2, 0.25) is 0 Å². The Morgan fingerprint density at radius 3 is 1.71 bits per heavy atom. The Morgan fingerprint density at radius 1 is 0.941 bits per heavy atom. The van der Waals surface area contributed by atoms with Gasteiger partial charge in [-0.2, -0.15) is 0 Å². The Morgan fingerprint density at radius 2 is 1.35 bits per heavy atom. The van der Waals surface area contributed by atoms with Crippen LogP contribution in [0.15, 0.2) is 0 Å². The van der Waals surface area contributed by atoms with Crippen molar-refractivity contribution in [3.63, 3.8) is 0 Å². The van der Waals surface area contributed by atoms with Gasteiger partial charge in [0, 0.05) is 0 Å². The van der Waals surface area contributed by atoms with Crippen molar-refractivity contribution in [1.29, 1.82) is 0 Å². The van der Waals surface area contributed by atoms with Crippen molar-refractivity contribution in [2.24, 2.45) is 0 Å². The first kappa shape index (κ1) is 22.0. The third kappa shape index (κ3) is 21.6. The van der Waals surface area contributed by atoms with E-state index in [0.717, 1.165) is 0 Å². The van der Waals surface area contributed by atoms with E-state index in [2.05, 4.69) is 13.8 Å². The minimum absolute atomic E-state index is 0. The largest absolute Gasteiger partial charge is 0.394 e. The van der Waals surface area contributed by atoms with Gasteiger partial charge in [0.1, 0.15) is 12.9 Å². The SMILES string of the molecule is C.CCC.CCC(O)COCOCC(O)CO. The van der Waals surface area contributed by atoms with Crippen LogP contribution in [0.1, 0.15) is 41.0 Å². The molecule has 0 saturated heterocycles. The fourth-order valence-corrected chi connectivity index (χ4v) is 0.598.